The van der Waals surface area contributed by atoms with Gasteiger partial charge in [-0.05, 0) is 13.0 Å². The Hall–Kier alpha value is -0.380. The minimum Gasteiger partial charge on any atom is -0.375 e. The summed E-state index contributed by atoms with van der Waals surface area (Å²) in [5.41, 5.74) is 0. The van der Waals surface area contributed by atoms with Gasteiger partial charge in [-0.2, -0.15) is 0 Å². The highest BCUT2D eigenvalue weighted by atomic mass is 16.5. The summed E-state index contributed by atoms with van der Waals surface area (Å²) in [4.78, 5) is 2.45. The summed E-state index contributed by atoms with van der Waals surface area (Å²) in [6.45, 7) is 10.1. The van der Waals surface area contributed by atoms with E-state index in [-0.39, 0.29) is 0 Å². The Morgan fingerprint density at radius 2 is 2.50 bits per heavy atom. The van der Waals surface area contributed by atoms with Crippen molar-refractivity contribution >= 4 is 0 Å². The van der Waals surface area contributed by atoms with E-state index in [0.29, 0.717) is 6.10 Å². The summed E-state index contributed by atoms with van der Waals surface area (Å²) in [7, 11) is 0. The van der Waals surface area contributed by atoms with Crippen molar-refractivity contribution in [1.82, 2.24) is 10.2 Å². The van der Waals surface area contributed by atoms with Crippen molar-refractivity contribution in [1.29, 1.82) is 0 Å². The van der Waals surface area contributed by atoms with Crippen LogP contribution in [0.3, 0.4) is 0 Å². The molecule has 80 valence electrons. The van der Waals surface area contributed by atoms with Gasteiger partial charge in [-0.15, -0.1) is 6.58 Å². The van der Waals surface area contributed by atoms with Gasteiger partial charge in [0.05, 0.1) is 12.7 Å². The molecule has 2 heterocycles. The molecule has 0 aromatic rings. The summed E-state index contributed by atoms with van der Waals surface area (Å²) in [6, 6.07) is 0. The fraction of sp³-hybridized carbons (Fsp3) is 0.818. The molecule has 2 aliphatic rings. The fourth-order valence-electron chi connectivity index (χ4n) is 2.39. The van der Waals surface area contributed by atoms with E-state index in [2.05, 4.69) is 16.8 Å². The maximum Gasteiger partial charge on any atom is 0.0740 e. The van der Waals surface area contributed by atoms with E-state index in [1.807, 2.05) is 6.08 Å². The molecule has 1 N–H and O–H groups in total. The Labute approximate surface area is 86.1 Å². The first-order chi connectivity index (χ1) is 6.90. The number of hydrogen-bond acceptors (Lipinski definition) is 3. The summed E-state index contributed by atoms with van der Waals surface area (Å²) in [5.74, 6) is 0.721. The lowest BCUT2D eigenvalue weighted by molar-refractivity contribution is 0.0179. The van der Waals surface area contributed by atoms with E-state index < -0.39 is 0 Å². The maximum atomic E-state index is 5.84. The molecule has 0 saturated carbocycles. The maximum absolute atomic E-state index is 5.84. The number of hydrogen-bond donors (Lipinski definition) is 1. The molecule has 0 spiro atoms. The highest BCUT2D eigenvalue weighted by Gasteiger charge is 2.29. The van der Waals surface area contributed by atoms with Gasteiger partial charge in [0.1, 0.15) is 0 Å². The minimum atomic E-state index is 0.443. The van der Waals surface area contributed by atoms with Gasteiger partial charge in [-0.3, -0.25) is 4.90 Å². The highest BCUT2D eigenvalue weighted by Crippen LogP contribution is 2.19. The number of nitrogens with zero attached hydrogens (tertiary/aromatic N) is 1. The predicted molar refractivity (Wildman–Crippen MR) is 57.4 cm³/mol. The van der Waals surface area contributed by atoms with Crippen LogP contribution in [0.1, 0.15) is 6.42 Å². The predicted octanol–water partition coefficient (Wildman–Crippen LogP) is 0.483. The number of nitrogens with one attached hydrogen (secondary N) is 1. The van der Waals surface area contributed by atoms with Crippen molar-refractivity contribution in [3.8, 4) is 0 Å². The molecule has 0 aromatic carbocycles. The molecular formula is C11H20N2O. The molecule has 2 fully saturated rings. The summed E-state index contributed by atoms with van der Waals surface area (Å²) in [6.07, 6.45) is 3.68. The number of fused-ring (bicyclic) bond motifs is 1. The van der Waals surface area contributed by atoms with Crippen LogP contribution >= 0.6 is 0 Å². The van der Waals surface area contributed by atoms with Crippen molar-refractivity contribution < 1.29 is 4.74 Å². The number of rotatable bonds is 2. The largest absolute Gasteiger partial charge is 0.375 e. The zero-order chi connectivity index (χ0) is 9.80. The van der Waals surface area contributed by atoms with Crippen LogP contribution in [0.25, 0.3) is 0 Å². The lowest BCUT2D eigenvalue weighted by Crippen LogP contribution is -2.44. The van der Waals surface area contributed by atoms with Crippen LogP contribution in [0.5, 0.6) is 0 Å². The van der Waals surface area contributed by atoms with Crippen LogP contribution in [-0.2, 0) is 4.74 Å². The van der Waals surface area contributed by atoms with Gasteiger partial charge in [0, 0.05) is 32.1 Å². The van der Waals surface area contributed by atoms with Gasteiger partial charge >= 0.3 is 0 Å². The molecule has 0 bridgehead atoms. The standard InChI is InChI=1S/C11H20N2O/c1-2-5-13-6-7-14-11-8-12-4-3-10(11)9-13/h2,10-12H,1,3-9H2/t10-,11-/m0/s1. The van der Waals surface area contributed by atoms with E-state index in [9.17, 15) is 0 Å². The van der Waals surface area contributed by atoms with E-state index in [4.69, 9.17) is 4.74 Å². The second-order valence-electron chi connectivity index (χ2n) is 4.21. The minimum absolute atomic E-state index is 0.443. The van der Waals surface area contributed by atoms with Crippen LogP contribution in [0.4, 0.5) is 0 Å². The molecule has 3 nitrogen and oxygen atoms in total. The van der Waals surface area contributed by atoms with Crippen molar-refractivity contribution in [3.63, 3.8) is 0 Å². The van der Waals surface area contributed by atoms with Gasteiger partial charge < -0.3 is 10.1 Å². The van der Waals surface area contributed by atoms with Crippen molar-refractivity contribution in [2.24, 2.45) is 5.92 Å². The van der Waals surface area contributed by atoms with Crippen molar-refractivity contribution in [2.75, 3.05) is 39.3 Å². The first-order valence-electron chi connectivity index (χ1n) is 5.55. The zero-order valence-electron chi connectivity index (χ0n) is 8.74. The third-order valence-corrected chi connectivity index (χ3v) is 3.18. The molecule has 2 atom stereocenters. The molecule has 0 aromatic heterocycles. The van der Waals surface area contributed by atoms with E-state index >= 15 is 0 Å². The second kappa shape index (κ2) is 4.91. The molecule has 2 aliphatic heterocycles. The lowest BCUT2D eigenvalue weighted by Gasteiger charge is -2.31. The Balaban J connectivity index is 1.92. The fourth-order valence-corrected chi connectivity index (χ4v) is 2.39. The van der Waals surface area contributed by atoms with E-state index in [0.717, 1.165) is 38.7 Å². The average molecular weight is 196 g/mol. The van der Waals surface area contributed by atoms with Gasteiger partial charge in [-0.1, -0.05) is 6.08 Å². The van der Waals surface area contributed by atoms with Gasteiger partial charge in [0.2, 0.25) is 0 Å². The molecule has 0 amide bonds. The molecular weight excluding hydrogens is 176 g/mol. The topological polar surface area (TPSA) is 24.5 Å². The van der Waals surface area contributed by atoms with Gasteiger partial charge in [0.15, 0.2) is 0 Å². The Bertz CT molecular complexity index is 196. The van der Waals surface area contributed by atoms with Crippen LogP contribution in [0.2, 0.25) is 0 Å². The molecule has 0 aliphatic carbocycles. The Morgan fingerprint density at radius 3 is 3.36 bits per heavy atom. The summed E-state index contributed by atoms with van der Waals surface area (Å²) < 4.78 is 5.84. The second-order valence-corrected chi connectivity index (χ2v) is 4.21. The molecule has 14 heavy (non-hydrogen) atoms. The molecule has 0 unspecified atom stereocenters. The Morgan fingerprint density at radius 1 is 1.57 bits per heavy atom. The number of piperidine rings is 1. The molecule has 3 heteroatoms. The Kier molecular flexibility index (Phi) is 3.56. The SMILES string of the molecule is C=CCN1CCO[C@H]2CNCC[C@H]2C1. The van der Waals surface area contributed by atoms with Gasteiger partial charge in [-0.25, -0.2) is 0 Å². The van der Waals surface area contributed by atoms with Crippen LogP contribution in [0, 0.1) is 5.92 Å². The first kappa shape index (κ1) is 10.1. The van der Waals surface area contributed by atoms with Gasteiger partial charge in [0.25, 0.3) is 0 Å². The summed E-state index contributed by atoms with van der Waals surface area (Å²) in [5, 5.41) is 3.39. The highest BCUT2D eigenvalue weighted by molar-refractivity contribution is 4.85. The smallest absolute Gasteiger partial charge is 0.0740 e. The van der Waals surface area contributed by atoms with Crippen LogP contribution in [0.15, 0.2) is 12.7 Å². The summed E-state index contributed by atoms with van der Waals surface area (Å²) >= 11 is 0. The average Bonchev–Trinajstić information content (AvgIpc) is 2.40. The third kappa shape index (κ3) is 2.35. The zero-order valence-corrected chi connectivity index (χ0v) is 8.74. The lowest BCUT2D eigenvalue weighted by atomic mass is 9.94. The molecule has 2 rings (SSSR count). The van der Waals surface area contributed by atoms with Crippen LogP contribution < -0.4 is 5.32 Å². The number of ether oxygens (including phenoxy) is 1. The van der Waals surface area contributed by atoms with E-state index in [1.165, 1.54) is 13.0 Å². The molecule has 0 radical (unpaired) electrons. The normalized spacial score (nSPS) is 34.6. The third-order valence-electron chi connectivity index (χ3n) is 3.18. The van der Waals surface area contributed by atoms with Crippen molar-refractivity contribution in [3.05, 3.63) is 12.7 Å². The monoisotopic (exact) mass is 196 g/mol. The van der Waals surface area contributed by atoms with E-state index in [1.54, 1.807) is 0 Å². The quantitative estimate of drug-likeness (QED) is 0.650. The molecule has 2 saturated heterocycles. The van der Waals surface area contributed by atoms with Crippen molar-refractivity contribution in [2.45, 2.75) is 12.5 Å². The first-order valence-corrected chi connectivity index (χ1v) is 5.55. The van der Waals surface area contributed by atoms with Crippen LogP contribution in [-0.4, -0.2) is 50.3 Å².